The van der Waals surface area contributed by atoms with E-state index in [0.29, 0.717) is 5.89 Å². The highest BCUT2D eigenvalue weighted by Gasteiger charge is 2.29. The highest BCUT2D eigenvalue weighted by molar-refractivity contribution is 6.21. The van der Waals surface area contributed by atoms with Crippen LogP contribution >= 0.6 is 0 Å². The third-order valence-electron chi connectivity index (χ3n) is 9.89. The molecule has 0 spiro atoms. The molecule has 0 fully saturated rings. The molecule has 3 aromatic heterocycles. The molecule has 0 aliphatic heterocycles. The van der Waals surface area contributed by atoms with Crippen LogP contribution in [0.1, 0.15) is 0 Å². The summed E-state index contributed by atoms with van der Waals surface area (Å²) >= 11 is 0. The normalized spacial score (nSPS) is 12.3. The van der Waals surface area contributed by atoms with Crippen molar-refractivity contribution in [3.8, 4) is 45.4 Å². The molecule has 0 saturated heterocycles. The summed E-state index contributed by atoms with van der Waals surface area (Å²) in [6.45, 7) is 0. The molecule has 0 amide bonds. The van der Waals surface area contributed by atoms with Crippen LogP contribution < -0.4 is 0 Å². The Bertz CT molecular complexity index is 2860. The van der Waals surface area contributed by atoms with Gasteiger partial charge in [-0.1, -0.05) is 91.0 Å². The minimum Gasteiger partial charge on any atom is -0.435 e. The molecule has 47 heavy (non-hydrogen) atoms. The number of fused-ring (bicyclic) bond motifs is 9. The standard InChI is InChI=1S/C43H25N3O/c1-3-12-26(13-4-1)43-44-41-31-19-11-18-30-37(23-22-32(40(30)31)42(41)47-43)46-36-21-10-8-17-29(36)34-24-38-33(25-39(34)46)28-16-7-9-20-35(28)45(38)27-14-5-2-6-15-27/h1-25H. The van der Waals surface area contributed by atoms with E-state index in [1.165, 1.54) is 54.4 Å². The smallest absolute Gasteiger partial charge is 0.227 e. The number of para-hydroxylation sites is 3. The Kier molecular flexibility index (Phi) is 4.81. The summed E-state index contributed by atoms with van der Waals surface area (Å²) in [6, 6.07) is 54.1. The van der Waals surface area contributed by atoms with Crippen molar-refractivity contribution >= 4 is 54.4 Å². The zero-order valence-corrected chi connectivity index (χ0v) is 25.2. The van der Waals surface area contributed by atoms with Gasteiger partial charge in [0.15, 0.2) is 5.76 Å². The molecule has 0 saturated carbocycles. The second-order valence-electron chi connectivity index (χ2n) is 12.4. The van der Waals surface area contributed by atoms with Gasteiger partial charge < -0.3 is 13.6 Å². The lowest BCUT2D eigenvalue weighted by molar-refractivity contribution is 0.590. The van der Waals surface area contributed by atoms with E-state index in [4.69, 9.17) is 9.40 Å². The molecule has 1 aliphatic carbocycles. The van der Waals surface area contributed by atoms with E-state index >= 15 is 0 Å². The maximum absolute atomic E-state index is 6.46. The fourth-order valence-corrected chi connectivity index (χ4v) is 7.91. The summed E-state index contributed by atoms with van der Waals surface area (Å²) in [4.78, 5) is 5.01. The largest absolute Gasteiger partial charge is 0.435 e. The van der Waals surface area contributed by atoms with E-state index in [2.05, 4.69) is 130 Å². The molecule has 0 bridgehead atoms. The van der Waals surface area contributed by atoms with Crippen molar-refractivity contribution < 1.29 is 4.42 Å². The topological polar surface area (TPSA) is 35.9 Å². The summed E-state index contributed by atoms with van der Waals surface area (Å²) in [5, 5.41) is 7.33. The number of aromatic nitrogens is 3. The Balaban J connectivity index is 1.21. The second-order valence-corrected chi connectivity index (χ2v) is 12.4. The van der Waals surface area contributed by atoms with Gasteiger partial charge in [0.2, 0.25) is 5.89 Å². The van der Waals surface area contributed by atoms with Crippen LogP contribution in [0.5, 0.6) is 0 Å². The third kappa shape index (κ3) is 3.28. The second kappa shape index (κ2) is 9.09. The van der Waals surface area contributed by atoms with Crippen molar-refractivity contribution in [2.24, 2.45) is 0 Å². The lowest BCUT2D eigenvalue weighted by Gasteiger charge is -2.13. The first kappa shape index (κ1) is 24.9. The Morgan fingerprint density at radius 3 is 1.81 bits per heavy atom. The number of nitrogens with zero attached hydrogens (tertiary/aromatic N) is 3. The van der Waals surface area contributed by atoms with Crippen molar-refractivity contribution in [1.29, 1.82) is 0 Å². The molecule has 4 nitrogen and oxygen atoms in total. The van der Waals surface area contributed by atoms with Crippen LogP contribution in [0.25, 0.3) is 99.8 Å². The molecule has 0 atom stereocenters. The SMILES string of the molecule is c1ccc(-c2nc3c(o2)-c2ccc(-n4c5ccccc5c5cc6c(cc54)c4ccccc4n6-c4ccccc4)c4cccc-3c24)cc1. The summed E-state index contributed by atoms with van der Waals surface area (Å²) in [7, 11) is 0. The van der Waals surface area contributed by atoms with Gasteiger partial charge in [-0.3, -0.25) is 0 Å². The summed E-state index contributed by atoms with van der Waals surface area (Å²) in [5.41, 5.74) is 11.2. The van der Waals surface area contributed by atoms with Gasteiger partial charge >= 0.3 is 0 Å². The van der Waals surface area contributed by atoms with E-state index in [1.807, 2.05) is 30.3 Å². The highest BCUT2D eigenvalue weighted by Crippen LogP contribution is 2.50. The first-order valence-electron chi connectivity index (χ1n) is 16.0. The van der Waals surface area contributed by atoms with Crippen LogP contribution in [0.15, 0.2) is 156 Å². The molecule has 0 N–H and O–H groups in total. The molecule has 10 aromatic rings. The van der Waals surface area contributed by atoms with Gasteiger partial charge in [-0.2, -0.15) is 0 Å². The van der Waals surface area contributed by atoms with Gasteiger partial charge in [-0.05, 0) is 60.7 Å². The molecule has 11 rings (SSSR count). The van der Waals surface area contributed by atoms with Crippen molar-refractivity contribution in [3.63, 3.8) is 0 Å². The Labute approximate surface area is 269 Å². The highest BCUT2D eigenvalue weighted by atomic mass is 16.4. The monoisotopic (exact) mass is 599 g/mol. The van der Waals surface area contributed by atoms with Gasteiger partial charge in [-0.25, -0.2) is 4.98 Å². The van der Waals surface area contributed by atoms with Crippen molar-refractivity contribution in [2.45, 2.75) is 0 Å². The van der Waals surface area contributed by atoms with Crippen LogP contribution in [0, 0.1) is 0 Å². The maximum Gasteiger partial charge on any atom is 0.227 e. The summed E-state index contributed by atoms with van der Waals surface area (Å²) in [6.07, 6.45) is 0. The zero-order chi connectivity index (χ0) is 30.6. The molecule has 4 heteroatoms. The van der Waals surface area contributed by atoms with Crippen molar-refractivity contribution in [1.82, 2.24) is 14.1 Å². The number of benzene rings is 7. The molecular formula is C43H25N3O. The van der Waals surface area contributed by atoms with Crippen molar-refractivity contribution in [2.75, 3.05) is 0 Å². The zero-order valence-electron chi connectivity index (χ0n) is 25.2. The predicted octanol–water partition coefficient (Wildman–Crippen LogP) is 11.3. The molecule has 3 heterocycles. The molecular weight excluding hydrogens is 574 g/mol. The molecule has 0 radical (unpaired) electrons. The fourth-order valence-electron chi connectivity index (χ4n) is 7.91. The minimum absolute atomic E-state index is 0.656. The number of rotatable bonds is 3. The van der Waals surface area contributed by atoms with Crippen LogP contribution in [0.4, 0.5) is 0 Å². The van der Waals surface area contributed by atoms with Crippen LogP contribution in [0.2, 0.25) is 0 Å². The van der Waals surface area contributed by atoms with Gasteiger partial charge in [0.1, 0.15) is 5.69 Å². The number of oxazole rings is 1. The van der Waals surface area contributed by atoms with Gasteiger partial charge in [0.05, 0.1) is 27.8 Å². The van der Waals surface area contributed by atoms with Gasteiger partial charge in [0, 0.05) is 54.7 Å². The van der Waals surface area contributed by atoms with Gasteiger partial charge in [0.25, 0.3) is 0 Å². The quantitative estimate of drug-likeness (QED) is 0.203. The molecule has 0 unspecified atom stereocenters. The molecule has 1 aliphatic rings. The lowest BCUT2D eigenvalue weighted by Crippen LogP contribution is -1.96. The van der Waals surface area contributed by atoms with E-state index < -0.39 is 0 Å². The number of hydrogen-bond donors (Lipinski definition) is 0. The van der Waals surface area contributed by atoms with Crippen LogP contribution in [-0.2, 0) is 0 Å². The van der Waals surface area contributed by atoms with E-state index in [9.17, 15) is 0 Å². The first-order valence-corrected chi connectivity index (χ1v) is 16.0. The van der Waals surface area contributed by atoms with Crippen LogP contribution in [0.3, 0.4) is 0 Å². The summed E-state index contributed by atoms with van der Waals surface area (Å²) < 4.78 is 11.3. The van der Waals surface area contributed by atoms with Gasteiger partial charge in [-0.15, -0.1) is 0 Å². The molecule has 218 valence electrons. The average Bonchev–Trinajstić information content (AvgIpc) is 3.87. The third-order valence-corrected chi connectivity index (χ3v) is 9.89. The van der Waals surface area contributed by atoms with E-state index in [-0.39, 0.29) is 0 Å². The Morgan fingerprint density at radius 2 is 1.06 bits per heavy atom. The Morgan fingerprint density at radius 1 is 0.447 bits per heavy atom. The first-order chi connectivity index (χ1) is 23.3. The molecule has 7 aromatic carbocycles. The van der Waals surface area contributed by atoms with E-state index in [0.717, 1.165) is 39.5 Å². The number of hydrogen-bond acceptors (Lipinski definition) is 2. The maximum atomic E-state index is 6.46. The fraction of sp³-hybridized carbons (Fsp3) is 0. The minimum atomic E-state index is 0.656. The lowest BCUT2D eigenvalue weighted by atomic mass is 10.0. The van der Waals surface area contributed by atoms with Crippen molar-refractivity contribution in [3.05, 3.63) is 152 Å². The summed E-state index contributed by atoms with van der Waals surface area (Å²) in [5.74, 6) is 1.50. The average molecular weight is 600 g/mol. The van der Waals surface area contributed by atoms with E-state index in [1.54, 1.807) is 0 Å². The Hall–Kier alpha value is -6.39. The predicted molar refractivity (Wildman–Crippen MR) is 193 cm³/mol. The van der Waals surface area contributed by atoms with Crippen LogP contribution in [-0.4, -0.2) is 14.1 Å².